The van der Waals surface area contributed by atoms with E-state index in [1.165, 1.54) is 18.3 Å². The molecule has 2 aromatic rings. The second-order valence-electron chi connectivity index (χ2n) is 4.28. The van der Waals surface area contributed by atoms with Gasteiger partial charge in [-0.05, 0) is 43.3 Å². The first-order valence-corrected chi connectivity index (χ1v) is 7.53. The number of thiophene rings is 1. The van der Waals surface area contributed by atoms with E-state index < -0.39 is 0 Å². The molecule has 0 aliphatic rings. The van der Waals surface area contributed by atoms with Crippen LogP contribution >= 0.6 is 22.9 Å². The van der Waals surface area contributed by atoms with Gasteiger partial charge in [-0.2, -0.15) is 0 Å². The molecule has 4 nitrogen and oxygen atoms in total. The maximum Gasteiger partial charge on any atom is 0.261 e. The highest BCUT2D eigenvalue weighted by molar-refractivity contribution is 7.15. The fraction of sp³-hybridized carbons (Fsp3) is 0.200. The summed E-state index contributed by atoms with van der Waals surface area (Å²) in [7, 11) is 0. The fourth-order valence-electron chi connectivity index (χ4n) is 1.60. The number of carbonyl (C=O) groups is 2. The largest absolute Gasteiger partial charge is 0.492 e. The van der Waals surface area contributed by atoms with Crippen LogP contribution in [0, 0.1) is 0 Å². The standard InChI is InChI=1S/C15H14ClNO3S/c1-10(18)13-6-7-14(21-13)15(19)17-8-9-20-12-4-2-11(16)3-5-12/h2-7H,8-9H2,1H3,(H,17,19). The zero-order valence-electron chi connectivity index (χ0n) is 11.4. The van der Waals surface area contributed by atoms with E-state index in [4.69, 9.17) is 16.3 Å². The predicted molar refractivity (Wildman–Crippen MR) is 83.6 cm³/mol. The number of nitrogens with one attached hydrogen (secondary N) is 1. The summed E-state index contributed by atoms with van der Waals surface area (Å²) in [5, 5.41) is 3.39. The van der Waals surface area contributed by atoms with Crippen LogP contribution in [0.25, 0.3) is 0 Å². The van der Waals surface area contributed by atoms with Gasteiger partial charge in [0.05, 0.1) is 16.3 Å². The molecule has 0 aliphatic carbocycles. The third kappa shape index (κ3) is 4.58. The van der Waals surface area contributed by atoms with Crippen molar-refractivity contribution in [2.24, 2.45) is 0 Å². The number of hydrogen-bond acceptors (Lipinski definition) is 4. The first-order valence-electron chi connectivity index (χ1n) is 6.33. The third-order valence-corrected chi connectivity index (χ3v) is 4.08. The molecule has 2 rings (SSSR count). The molecule has 1 aromatic carbocycles. The number of hydrogen-bond donors (Lipinski definition) is 1. The number of carbonyl (C=O) groups excluding carboxylic acids is 2. The Hall–Kier alpha value is -1.85. The number of ketones is 1. The van der Waals surface area contributed by atoms with E-state index in [1.807, 2.05) is 0 Å². The van der Waals surface area contributed by atoms with Crippen LogP contribution in [0.5, 0.6) is 5.75 Å². The zero-order valence-corrected chi connectivity index (χ0v) is 13.0. The number of rotatable bonds is 6. The summed E-state index contributed by atoms with van der Waals surface area (Å²) in [6.45, 7) is 2.22. The molecule has 0 fully saturated rings. The average molecular weight is 324 g/mol. The average Bonchev–Trinajstić information content (AvgIpc) is 2.95. The van der Waals surface area contributed by atoms with E-state index in [0.29, 0.717) is 33.7 Å². The van der Waals surface area contributed by atoms with Crippen molar-refractivity contribution in [3.8, 4) is 5.75 Å². The lowest BCUT2D eigenvalue weighted by atomic mass is 10.3. The highest BCUT2D eigenvalue weighted by atomic mass is 35.5. The van der Waals surface area contributed by atoms with Crippen LogP contribution in [0.1, 0.15) is 26.3 Å². The van der Waals surface area contributed by atoms with Crippen molar-refractivity contribution < 1.29 is 14.3 Å². The molecule has 0 spiro atoms. The fourth-order valence-corrected chi connectivity index (χ4v) is 2.54. The number of amides is 1. The van der Waals surface area contributed by atoms with Crippen molar-refractivity contribution >= 4 is 34.6 Å². The lowest BCUT2D eigenvalue weighted by molar-refractivity contribution is 0.0950. The summed E-state index contributed by atoms with van der Waals surface area (Å²) in [6.07, 6.45) is 0. The third-order valence-electron chi connectivity index (χ3n) is 2.65. The first kappa shape index (κ1) is 15.5. The molecule has 1 aromatic heterocycles. The number of halogens is 1. The molecule has 0 radical (unpaired) electrons. The monoisotopic (exact) mass is 323 g/mol. The van der Waals surface area contributed by atoms with Crippen LogP contribution in [-0.4, -0.2) is 24.8 Å². The first-order chi connectivity index (χ1) is 10.1. The molecular formula is C15H14ClNO3S. The van der Waals surface area contributed by atoms with Gasteiger partial charge in [-0.3, -0.25) is 9.59 Å². The van der Waals surface area contributed by atoms with Gasteiger partial charge >= 0.3 is 0 Å². The van der Waals surface area contributed by atoms with Gasteiger partial charge < -0.3 is 10.1 Å². The molecule has 110 valence electrons. The quantitative estimate of drug-likeness (QED) is 0.654. The Kier molecular flexibility index (Phi) is 5.36. The minimum absolute atomic E-state index is 0.0369. The molecule has 0 aliphatic heterocycles. The van der Waals surface area contributed by atoms with Gasteiger partial charge in [0.15, 0.2) is 5.78 Å². The molecule has 6 heteroatoms. The van der Waals surface area contributed by atoms with Crippen LogP contribution in [0.2, 0.25) is 5.02 Å². The number of benzene rings is 1. The summed E-state index contributed by atoms with van der Waals surface area (Å²) in [4.78, 5) is 24.1. The van der Waals surface area contributed by atoms with Gasteiger partial charge in [-0.25, -0.2) is 0 Å². The van der Waals surface area contributed by atoms with E-state index in [2.05, 4.69) is 5.32 Å². The Morgan fingerprint density at radius 1 is 1.14 bits per heavy atom. The lowest BCUT2D eigenvalue weighted by Gasteiger charge is -2.07. The van der Waals surface area contributed by atoms with Crippen LogP contribution in [0.3, 0.4) is 0 Å². The Bertz CT molecular complexity index is 637. The molecule has 1 amide bonds. The predicted octanol–water partition coefficient (Wildman–Crippen LogP) is 3.41. The maximum atomic E-state index is 11.9. The van der Waals surface area contributed by atoms with E-state index in [0.717, 1.165) is 0 Å². The number of Topliss-reactive ketones (excluding diaryl/α,β-unsaturated/α-hetero) is 1. The smallest absolute Gasteiger partial charge is 0.261 e. The molecule has 0 saturated carbocycles. The number of ether oxygens (including phenoxy) is 1. The summed E-state index contributed by atoms with van der Waals surface area (Å²) < 4.78 is 5.47. The van der Waals surface area contributed by atoms with Gasteiger partial charge in [-0.15, -0.1) is 11.3 Å². The van der Waals surface area contributed by atoms with Crippen molar-refractivity contribution in [3.63, 3.8) is 0 Å². The second kappa shape index (κ2) is 7.24. The van der Waals surface area contributed by atoms with E-state index >= 15 is 0 Å². The highest BCUT2D eigenvalue weighted by Gasteiger charge is 2.10. The molecule has 0 unspecified atom stereocenters. The molecule has 21 heavy (non-hydrogen) atoms. The Morgan fingerprint density at radius 3 is 2.43 bits per heavy atom. The Labute approximate surface area is 131 Å². The van der Waals surface area contributed by atoms with E-state index in [9.17, 15) is 9.59 Å². The summed E-state index contributed by atoms with van der Waals surface area (Å²) in [5.41, 5.74) is 0. The van der Waals surface area contributed by atoms with E-state index in [1.54, 1.807) is 36.4 Å². The van der Waals surface area contributed by atoms with Gasteiger partial charge in [0.2, 0.25) is 0 Å². The topological polar surface area (TPSA) is 55.4 Å². The van der Waals surface area contributed by atoms with Gasteiger partial charge in [0.25, 0.3) is 5.91 Å². The lowest BCUT2D eigenvalue weighted by Crippen LogP contribution is -2.27. The van der Waals surface area contributed by atoms with E-state index in [-0.39, 0.29) is 11.7 Å². The van der Waals surface area contributed by atoms with Crippen LogP contribution in [0.4, 0.5) is 0 Å². The second-order valence-corrected chi connectivity index (χ2v) is 5.80. The minimum Gasteiger partial charge on any atom is -0.492 e. The van der Waals surface area contributed by atoms with Crippen LogP contribution in [-0.2, 0) is 0 Å². The van der Waals surface area contributed by atoms with Crippen molar-refractivity contribution in [3.05, 3.63) is 51.2 Å². The molecular weight excluding hydrogens is 310 g/mol. The summed E-state index contributed by atoms with van der Waals surface area (Å²) in [6, 6.07) is 10.3. The molecule has 0 saturated heterocycles. The zero-order chi connectivity index (χ0) is 15.2. The highest BCUT2D eigenvalue weighted by Crippen LogP contribution is 2.17. The van der Waals surface area contributed by atoms with Crippen molar-refractivity contribution in [2.75, 3.05) is 13.2 Å². The summed E-state index contributed by atoms with van der Waals surface area (Å²) in [5.74, 6) is 0.459. The van der Waals surface area contributed by atoms with Gasteiger partial charge in [0.1, 0.15) is 12.4 Å². The molecule has 0 atom stereocenters. The Balaban J connectivity index is 1.76. The Morgan fingerprint density at radius 2 is 1.81 bits per heavy atom. The van der Waals surface area contributed by atoms with Gasteiger partial charge in [0, 0.05) is 5.02 Å². The molecule has 1 heterocycles. The van der Waals surface area contributed by atoms with Crippen LogP contribution in [0.15, 0.2) is 36.4 Å². The maximum absolute atomic E-state index is 11.9. The summed E-state index contributed by atoms with van der Waals surface area (Å²) >= 11 is 6.96. The molecule has 0 bridgehead atoms. The van der Waals surface area contributed by atoms with Crippen molar-refractivity contribution in [1.82, 2.24) is 5.32 Å². The minimum atomic E-state index is -0.202. The van der Waals surface area contributed by atoms with Crippen LogP contribution < -0.4 is 10.1 Å². The van der Waals surface area contributed by atoms with Crippen molar-refractivity contribution in [1.29, 1.82) is 0 Å². The van der Waals surface area contributed by atoms with Gasteiger partial charge in [-0.1, -0.05) is 11.6 Å². The van der Waals surface area contributed by atoms with Crippen molar-refractivity contribution in [2.45, 2.75) is 6.92 Å². The SMILES string of the molecule is CC(=O)c1ccc(C(=O)NCCOc2ccc(Cl)cc2)s1. The molecule has 1 N–H and O–H groups in total. The normalized spacial score (nSPS) is 10.2.